The van der Waals surface area contributed by atoms with Crippen LogP contribution < -0.4 is 10.3 Å². The molecule has 8 heteroatoms. The van der Waals surface area contributed by atoms with Gasteiger partial charge in [0.15, 0.2) is 5.43 Å². The predicted octanol–water partition coefficient (Wildman–Crippen LogP) is 4.44. The first-order chi connectivity index (χ1) is 14.4. The van der Waals surface area contributed by atoms with Crippen molar-refractivity contribution in [3.8, 4) is 5.75 Å². The average molecular weight is 423 g/mol. The number of pyridine rings is 1. The Morgan fingerprint density at radius 2 is 1.93 bits per heavy atom. The number of phenolic OH excluding ortho intramolecular Hbond substituents is 1. The second-order valence-electron chi connectivity index (χ2n) is 6.82. The Bertz CT molecular complexity index is 1380. The zero-order chi connectivity index (χ0) is 21.0. The van der Waals surface area contributed by atoms with E-state index in [1.807, 2.05) is 0 Å². The predicted molar refractivity (Wildman–Crippen MR) is 108 cm³/mol. The van der Waals surface area contributed by atoms with E-state index >= 15 is 0 Å². The maximum Gasteiger partial charge on any atom is 0.296 e. The average Bonchev–Trinajstić information content (AvgIpc) is 3.02. The zero-order valence-electron chi connectivity index (χ0n) is 15.2. The van der Waals surface area contributed by atoms with E-state index in [0.29, 0.717) is 10.6 Å². The molecule has 5 rings (SSSR count). The molecule has 2 aromatic carbocycles. The van der Waals surface area contributed by atoms with E-state index in [0.717, 1.165) is 12.1 Å². The quantitative estimate of drug-likeness (QED) is 0.516. The van der Waals surface area contributed by atoms with Crippen molar-refractivity contribution in [2.75, 3.05) is 4.90 Å². The second-order valence-corrected chi connectivity index (χ2v) is 7.26. The molecule has 0 bridgehead atoms. The van der Waals surface area contributed by atoms with Gasteiger partial charge in [-0.2, -0.15) is 0 Å². The molecule has 1 amide bonds. The molecular weight excluding hydrogens is 411 g/mol. The Morgan fingerprint density at radius 3 is 2.67 bits per heavy atom. The topological polar surface area (TPSA) is 83.6 Å². The summed E-state index contributed by atoms with van der Waals surface area (Å²) in [6.07, 6.45) is 1.38. The minimum absolute atomic E-state index is 0.0256. The lowest BCUT2D eigenvalue weighted by atomic mass is 9.98. The molecular formula is C22H12ClFN2O4. The Hall–Kier alpha value is -3.71. The van der Waals surface area contributed by atoms with Gasteiger partial charge in [0.25, 0.3) is 5.91 Å². The van der Waals surface area contributed by atoms with Crippen LogP contribution in [0.5, 0.6) is 5.75 Å². The van der Waals surface area contributed by atoms with Gasteiger partial charge in [0.05, 0.1) is 22.0 Å². The number of aromatic hydroxyl groups is 1. The van der Waals surface area contributed by atoms with Gasteiger partial charge in [0.1, 0.15) is 23.0 Å². The van der Waals surface area contributed by atoms with Crippen molar-refractivity contribution >= 4 is 34.3 Å². The summed E-state index contributed by atoms with van der Waals surface area (Å²) in [7, 11) is 0. The van der Waals surface area contributed by atoms with Crippen molar-refractivity contribution in [1.82, 2.24) is 4.98 Å². The molecule has 0 spiro atoms. The Morgan fingerprint density at radius 1 is 1.10 bits per heavy atom. The number of carbonyl (C=O) groups is 1. The van der Waals surface area contributed by atoms with Crippen LogP contribution in [0.15, 0.2) is 70.0 Å². The molecule has 6 nitrogen and oxygen atoms in total. The first kappa shape index (κ1) is 18.3. The van der Waals surface area contributed by atoms with E-state index in [9.17, 15) is 19.1 Å². The van der Waals surface area contributed by atoms with Gasteiger partial charge in [-0.25, -0.2) is 9.37 Å². The van der Waals surface area contributed by atoms with Crippen molar-refractivity contribution in [2.24, 2.45) is 0 Å². The molecule has 0 fully saturated rings. The number of phenols is 1. The van der Waals surface area contributed by atoms with E-state index < -0.39 is 23.2 Å². The number of hydrogen-bond acceptors (Lipinski definition) is 5. The summed E-state index contributed by atoms with van der Waals surface area (Å²) in [5, 5.41) is 10.4. The molecule has 1 unspecified atom stereocenters. The van der Waals surface area contributed by atoms with Crippen LogP contribution in [0.4, 0.5) is 10.2 Å². The summed E-state index contributed by atoms with van der Waals surface area (Å²) in [6.45, 7) is 0. The number of carbonyl (C=O) groups excluding carboxylic acids is 1. The van der Waals surface area contributed by atoms with E-state index in [4.69, 9.17) is 16.0 Å². The number of nitrogens with zero attached hydrogens (tertiary/aromatic N) is 2. The molecule has 1 aliphatic rings. The zero-order valence-corrected chi connectivity index (χ0v) is 15.9. The molecule has 148 valence electrons. The van der Waals surface area contributed by atoms with Crippen LogP contribution in [-0.4, -0.2) is 16.0 Å². The maximum absolute atomic E-state index is 13.8. The fraction of sp³-hybridized carbons (Fsp3) is 0.0455. The van der Waals surface area contributed by atoms with Gasteiger partial charge >= 0.3 is 0 Å². The second kappa shape index (κ2) is 6.67. The van der Waals surface area contributed by atoms with Crippen molar-refractivity contribution < 1.29 is 18.7 Å². The monoisotopic (exact) mass is 422 g/mol. The van der Waals surface area contributed by atoms with E-state index in [-0.39, 0.29) is 33.9 Å². The maximum atomic E-state index is 13.8. The minimum atomic E-state index is -0.919. The molecule has 3 heterocycles. The van der Waals surface area contributed by atoms with Crippen LogP contribution in [0, 0.1) is 5.82 Å². The van der Waals surface area contributed by atoms with Crippen molar-refractivity contribution in [1.29, 1.82) is 0 Å². The SMILES string of the molecule is O=C1c2oc3ccc(F)cc3c(=O)c2C(c2cccc(O)c2)N1c1ccc(Cl)cn1. The molecule has 1 atom stereocenters. The number of halogens is 2. The third-order valence-corrected chi connectivity index (χ3v) is 5.20. The summed E-state index contributed by atoms with van der Waals surface area (Å²) in [4.78, 5) is 32.1. The smallest absolute Gasteiger partial charge is 0.296 e. The third kappa shape index (κ3) is 2.74. The molecule has 1 N–H and O–H groups in total. The summed E-state index contributed by atoms with van der Waals surface area (Å²) in [5.74, 6) is -1.10. The molecule has 30 heavy (non-hydrogen) atoms. The van der Waals surface area contributed by atoms with E-state index in [1.165, 1.54) is 29.3 Å². The van der Waals surface area contributed by atoms with Gasteiger partial charge in [-0.15, -0.1) is 0 Å². The highest BCUT2D eigenvalue weighted by Crippen LogP contribution is 2.41. The third-order valence-electron chi connectivity index (χ3n) is 4.98. The highest BCUT2D eigenvalue weighted by molar-refractivity contribution is 6.30. The number of fused-ring (bicyclic) bond motifs is 2. The molecule has 0 saturated heterocycles. The fourth-order valence-corrected chi connectivity index (χ4v) is 3.81. The first-order valence-corrected chi connectivity index (χ1v) is 9.32. The molecule has 0 radical (unpaired) electrons. The van der Waals surface area contributed by atoms with Crippen molar-refractivity contribution in [2.45, 2.75) is 6.04 Å². The van der Waals surface area contributed by atoms with Crippen LogP contribution in [0.1, 0.15) is 27.7 Å². The van der Waals surface area contributed by atoms with Crippen LogP contribution in [0.2, 0.25) is 5.02 Å². The Balaban J connectivity index is 1.83. The van der Waals surface area contributed by atoms with E-state index in [2.05, 4.69) is 4.98 Å². The molecule has 1 aliphatic heterocycles. The normalized spacial score (nSPS) is 15.6. The Labute approximate surface area is 173 Å². The highest BCUT2D eigenvalue weighted by atomic mass is 35.5. The van der Waals surface area contributed by atoms with Crippen LogP contribution >= 0.6 is 11.6 Å². The molecule has 0 saturated carbocycles. The van der Waals surface area contributed by atoms with Gasteiger partial charge in [0, 0.05) is 6.20 Å². The molecule has 4 aromatic rings. The fourth-order valence-electron chi connectivity index (χ4n) is 3.70. The van der Waals surface area contributed by atoms with E-state index in [1.54, 1.807) is 24.3 Å². The summed E-state index contributed by atoms with van der Waals surface area (Å²) in [5.41, 5.74) is 0.111. The van der Waals surface area contributed by atoms with Gasteiger partial charge < -0.3 is 9.52 Å². The van der Waals surface area contributed by atoms with Gasteiger partial charge in [-0.3, -0.25) is 14.5 Å². The van der Waals surface area contributed by atoms with Crippen LogP contribution in [-0.2, 0) is 0 Å². The lowest BCUT2D eigenvalue weighted by molar-refractivity contribution is 0.0970. The van der Waals surface area contributed by atoms with Crippen molar-refractivity contribution in [3.63, 3.8) is 0 Å². The van der Waals surface area contributed by atoms with Gasteiger partial charge in [-0.05, 0) is 48.0 Å². The highest BCUT2D eigenvalue weighted by Gasteiger charge is 2.44. The number of benzene rings is 2. The number of aromatic nitrogens is 1. The van der Waals surface area contributed by atoms with Gasteiger partial charge in [-0.1, -0.05) is 23.7 Å². The number of anilines is 1. The first-order valence-electron chi connectivity index (χ1n) is 8.94. The number of rotatable bonds is 2. The number of amides is 1. The van der Waals surface area contributed by atoms with Crippen LogP contribution in [0.3, 0.4) is 0 Å². The molecule has 2 aromatic heterocycles. The summed E-state index contributed by atoms with van der Waals surface area (Å²) < 4.78 is 19.5. The number of hydrogen-bond donors (Lipinski definition) is 1. The summed E-state index contributed by atoms with van der Waals surface area (Å²) >= 11 is 5.93. The van der Waals surface area contributed by atoms with Crippen LogP contribution in [0.25, 0.3) is 11.0 Å². The Kier molecular flexibility index (Phi) is 4.08. The summed E-state index contributed by atoms with van der Waals surface area (Å²) in [6, 6.07) is 11.9. The lowest BCUT2D eigenvalue weighted by Crippen LogP contribution is -2.30. The van der Waals surface area contributed by atoms with Gasteiger partial charge in [0.2, 0.25) is 5.76 Å². The lowest BCUT2D eigenvalue weighted by Gasteiger charge is -2.24. The largest absolute Gasteiger partial charge is 0.508 e. The molecule has 0 aliphatic carbocycles. The van der Waals surface area contributed by atoms with Crippen molar-refractivity contribution in [3.05, 3.63) is 98.7 Å². The standard InChI is InChI=1S/C22H12ClFN2O4/c23-12-4-7-17(25-10-12)26-19(11-2-1-3-14(27)8-11)18-20(28)15-9-13(24)5-6-16(15)30-21(18)22(26)29/h1-10,19,27H. The minimum Gasteiger partial charge on any atom is -0.508 e.